The number of ether oxygens (including phenoxy) is 1. The highest BCUT2D eigenvalue weighted by Crippen LogP contribution is 2.25. The molecule has 0 atom stereocenters. The number of nitrogens with two attached hydrogens (primary N) is 1. The number of nitrogen functional groups attached to an aromatic ring is 1. The predicted molar refractivity (Wildman–Crippen MR) is 96.8 cm³/mol. The Bertz CT molecular complexity index is 754. The quantitative estimate of drug-likeness (QED) is 0.532. The fourth-order valence-corrected chi connectivity index (χ4v) is 2.96. The lowest BCUT2D eigenvalue weighted by Crippen LogP contribution is -2.66. The highest BCUT2D eigenvalue weighted by atomic mass is 16.5. The summed E-state index contributed by atoms with van der Waals surface area (Å²) in [6, 6.07) is 1.84. The third-order valence-corrected chi connectivity index (χ3v) is 4.60. The Morgan fingerprint density at radius 3 is 2.58 bits per heavy atom. The third kappa shape index (κ3) is 3.39. The van der Waals surface area contributed by atoms with Crippen molar-refractivity contribution in [3.05, 3.63) is 18.5 Å². The molecule has 0 bridgehead atoms. The first-order valence-electron chi connectivity index (χ1n) is 8.57. The lowest BCUT2D eigenvalue weighted by molar-refractivity contribution is 0.122. The molecule has 0 spiro atoms. The van der Waals surface area contributed by atoms with Crippen molar-refractivity contribution in [2.45, 2.75) is 5.54 Å². The van der Waals surface area contributed by atoms with E-state index in [2.05, 4.69) is 35.5 Å². The Morgan fingerprint density at radius 1 is 1.23 bits per heavy atom. The number of hydrogen-bond donors (Lipinski definition) is 4. The van der Waals surface area contributed by atoms with Gasteiger partial charge in [0.15, 0.2) is 0 Å². The van der Waals surface area contributed by atoms with Crippen molar-refractivity contribution in [3.8, 4) is 11.3 Å². The molecule has 0 aromatic carbocycles. The van der Waals surface area contributed by atoms with E-state index >= 15 is 0 Å². The standard InChI is InChI=1S/C16H22N8O2/c17-14-19-6-11(7-20-14)12-5-13(23-16(10-25)8-18-9-16)22-15(21-12)24-1-3-26-4-2-24/h5-7,18,25H,1-4,8-10H2,(H2,17,19,20)(H,21,22,23). The lowest BCUT2D eigenvalue weighted by atomic mass is 9.93. The maximum Gasteiger partial charge on any atom is 0.228 e. The van der Waals surface area contributed by atoms with Crippen LogP contribution >= 0.6 is 0 Å². The van der Waals surface area contributed by atoms with E-state index in [4.69, 9.17) is 10.5 Å². The van der Waals surface area contributed by atoms with Crippen LogP contribution in [0.25, 0.3) is 11.3 Å². The molecule has 10 heteroatoms. The van der Waals surface area contributed by atoms with Gasteiger partial charge in [-0.05, 0) is 0 Å². The second-order valence-corrected chi connectivity index (χ2v) is 6.53. The van der Waals surface area contributed by atoms with Crippen molar-refractivity contribution in [1.82, 2.24) is 25.3 Å². The van der Waals surface area contributed by atoms with E-state index in [9.17, 15) is 5.11 Å². The molecule has 2 aromatic heterocycles. The first kappa shape index (κ1) is 16.9. The van der Waals surface area contributed by atoms with Crippen molar-refractivity contribution in [1.29, 1.82) is 0 Å². The van der Waals surface area contributed by atoms with Crippen LogP contribution in [-0.4, -0.2) is 76.6 Å². The molecule has 0 unspecified atom stereocenters. The molecule has 2 saturated heterocycles. The van der Waals surface area contributed by atoms with E-state index in [0.29, 0.717) is 43.8 Å². The Labute approximate surface area is 150 Å². The Morgan fingerprint density at radius 2 is 1.96 bits per heavy atom. The number of aromatic nitrogens is 4. The van der Waals surface area contributed by atoms with Gasteiger partial charge in [0.2, 0.25) is 11.9 Å². The molecule has 2 aromatic rings. The van der Waals surface area contributed by atoms with Crippen molar-refractivity contribution in [3.63, 3.8) is 0 Å². The molecule has 4 heterocycles. The molecule has 26 heavy (non-hydrogen) atoms. The molecule has 138 valence electrons. The summed E-state index contributed by atoms with van der Waals surface area (Å²) in [7, 11) is 0. The Balaban J connectivity index is 1.70. The molecule has 0 saturated carbocycles. The summed E-state index contributed by atoms with van der Waals surface area (Å²) in [6.45, 7) is 4.14. The molecule has 2 aliphatic rings. The lowest BCUT2D eigenvalue weighted by Gasteiger charge is -2.42. The summed E-state index contributed by atoms with van der Waals surface area (Å²) in [6.07, 6.45) is 3.29. The van der Waals surface area contributed by atoms with Gasteiger partial charge in [0, 0.05) is 50.2 Å². The van der Waals surface area contributed by atoms with Crippen LogP contribution in [0.2, 0.25) is 0 Å². The number of morpholine rings is 1. The van der Waals surface area contributed by atoms with Gasteiger partial charge < -0.3 is 31.1 Å². The maximum atomic E-state index is 9.73. The second-order valence-electron chi connectivity index (χ2n) is 6.53. The van der Waals surface area contributed by atoms with E-state index in [0.717, 1.165) is 18.7 Å². The molecular formula is C16H22N8O2. The summed E-state index contributed by atoms with van der Waals surface area (Å²) in [4.78, 5) is 19.5. The minimum Gasteiger partial charge on any atom is -0.394 e. The number of hydrogen-bond acceptors (Lipinski definition) is 10. The first-order valence-corrected chi connectivity index (χ1v) is 8.57. The van der Waals surface area contributed by atoms with Gasteiger partial charge in [-0.25, -0.2) is 15.0 Å². The average molecular weight is 358 g/mol. The highest BCUT2D eigenvalue weighted by molar-refractivity contribution is 5.64. The third-order valence-electron chi connectivity index (χ3n) is 4.60. The van der Waals surface area contributed by atoms with Gasteiger partial charge in [0.05, 0.1) is 31.1 Å². The molecule has 5 N–H and O–H groups in total. The highest BCUT2D eigenvalue weighted by Gasteiger charge is 2.36. The van der Waals surface area contributed by atoms with Crippen LogP contribution in [-0.2, 0) is 4.74 Å². The molecular weight excluding hydrogens is 336 g/mol. The van der Waals surface area contributed by atoms with E-state index in [-0.39, 0.29) is 12.6 Å². The minimum absolute atomic E-state index is 0.0250. The van der Waals surface area contributed by atoms with Gasteiger partial charge in [0.1, 0.15) is 5.82 Å². The number of anilines is 3. The zero-order chi connectivity index (χ0) is 18.0. The molecule has 10 nitrogen and oxygen atoms in total. The summed E-state index contributed by atoms with van der Waals surface area (Å²) < 4.78 is 5.42. The zero-order valence-corrected chi connectivity index (χ0v) is 14.4. The maximum absolute atomic E-state index is 9.73. The monoisotopic (exact) mass is 358 g/mol. The number of aliphatic hydroxyl groups is 1. The molecule has 0 aliphatic carbocycles. The summed E-state index contributed by atoms with van der Waals surface area (Å²) in [5.74, 6) is 1.49. The van der Waals surface area contributed by atoms with Crippen molar-refractivity contribution in [2.24, 2.45) is 0 Å². The number of nitrogens with one attached hydrogen (secondary N) is 2. The zero-order valence-electron chi connectivity index (χ0n) is 14.4. The van der Waals surface area contributed by atoms with Crippen LogP contribution < -0.4 is 21.3 Å². The van der Waals surface area contributed by atoms with E-state index < -0.39 is 5.54 Å². The normalized spacial score (nSPS) is 19.0. The molecule has 2 aliphatic heterocycles. The van der Waals surface area contributed by atoms with Gasteiger partial charge in [-0.3, -0.25) is 0 Å². The Kier molecular flexibility index (Phi) is 4.53. The first-order chi connectivity index (χ1) is 12.7. The van der Waals surface area contributed by atoms with Gasteiger partial charge in [0.25, 0.3) is 0 Å². The van der Waals surface area contributed by atoms with Gasteiger partial charge in [-0.2, -0.15) is 4.98 Å². The number of rotatable bonds is 5. The molecule has 0 radical (unpaired) electrons. The van der Waals surface area contributed by atoms with Crippen LogP contribution in [0.5, 0.6) is 0 Å². The number of aliphatic hydroxyl groups excluding tert-OH is 1. The van der Waals surface area contributed by atoms with Gasteiger partial charge in [-0.1, -0.05) is 0 Å². The van der Waals surface area contributed by atoms with Gasteiger partial charge in [-0.15, -0.1) is 0 Å². The molecule has 4 rings (SSSR count). The molecule has 0 amide bonds. The second kappa shape index (κ2) is 6.98. The fourth-order valence-electron chi connectivity index (χ4n) is 2.96. The van der Waals surface area contributed by atoms with Crippen LogP contribution in [0, 0.1) is 0 Å². The van der Waals surface area contributed by atoms with Gasteiger partial charge >= 0.3 is 0 Å². The van der Waals surface area contributed by atoms with Crippen LogP contribution in [0.3, 0.4) is 0 Å². The fraction of sp³-hybridized carbons (Fsp3) is 0.500. The average Bonchev–Trinajstić information content (AvgIpc) is 2.66. The smallest absolute Gasteiger partial charge is 0.228 e. The summed E-state index contributed by atoms with van der Waals surface area (Å²) in [5, 5.41) is 16.3. The minimum atomic E-state index is -0.397. The Hall–Kier alpha value is -2.56. The SMILES string of the molecule is Nc1ncc(-c2cc(NC3(CO)CNC3)nc(N3CCOCC3)n2)cn1. The van der Waals surface area contributed by atoms with Crippen molar-refractivity contribution in [2.75, 3.05) is 62.0 Å². The van der Waals surface area contributed by atoms with E-state index in [1.165, 1.54) is 0 Å². The van der Waals surface area contributed by atoms with E-state index in [1.807, 2.05) is 6.07 Å². The van der Waals surface area contributed by atoms with Crippen LogP contribution in [0.15, 0.2) is 18.5 Å². The predicted octanol–water partition coefficient (Wildman–Crippen LogP) is -0.901. The molecule has 2 fully saturated rings. The van der Waals surface area contributed by atoms with E-state index in [1.54, 1.807) is 12.4 Å². The topological polar surface area (TPSA) is 134 Å². The number of nitrogens with zero attached hydrogens (tertiary/aromatic N) is 5. The largest absolute Gasteiger partial charge is 0.394 e. The van der Waals surface area contributed by atoms with Crippen LogP contribution in [0.1, 0.15) is 0 Å². The van der Waals surface area contributed by atoms with Crippen molar-refractivity contribution >= 4 is 17.7 Å². The van der Waals surface area contributed by atoms with Crippen LogP contribution in [0.4, 0.5) is 17.7 Å². The summed E-state index contributed by atoms with van der Waals surface area (Å²) in [5.41, 5.74) is 6.64. The summed E-state index contributed by atoms with van der Waals surface area (Å²) >= 11 is 0. The van der Waals surface area contributed by atoms with Crippen molar-refractivity contribution < 1.29 is 9.84 Å².